The van der Waals surface area contributed by atoms with E-state index in [0.717, 1.165) is 33.2 Å². The number of benzene rings is 4. The average Bonchev–Trinajstić information content (AvgIpc) is 2.92. The number of hydrogen-bond acceptors (Lipinski definition) is 5. The number of nitrogens with one attached hydrogen (secondary N) is 2. The minimum Gasteiger partial charge on any atom is -0.377 e. The van der Waals surface area contributed by atoms with Gasteiger partial charge in [-0.15, -0.1) is 0 Å². The van der Waals surface area contributed by atoms with Crippen molar-refractivity contribution in [3.8, 4) is 11.1 Å². The molecular formula is C31H36N2O5S2. The summed E-state index contributed by atoms with van der Waals surface area (Å²) in [7, 11) is -6.52. The van der Waals surface area contributed by atoms with Gasteiger partial charge in [-0.2, -0.15) is 4.72 Å². The highest BCUT2D eigenvalue weighted by Crippen LogP contribution is 2.35. The predicted molar refractivity (Wildman–Crippen MR) is 160 cm³/mol. The molecule has 0 amide bonds. The molecule has 7 nitrogen and oxygen atoms in total. The first-order valence-corrected chi connectivity index (χ1v) is 16.2. The van der Waals surface area contributed by atoms with Gasteiger partial charge in [-0.3, -0.25) is 0 Å². The van der Waals surface area contributed by atoms with Crippen LogP contribution in [-0.4, -0.2) is 35.2 Å². The van der Waals surface area contributed by atoms with Gasteiger partial charge in [0.15, 0.2) is 0 Å². The van der Waals surface area contributed by atoms with Gasteiger partial charge in [0.25, 0.3) is 0 Å². The van der Waals surface area contributed by atoms with Gasteiger partial charge in [-0.1, -0.05) is 76.2 Å². The normalized spacial score (nSPS) is 13.3. The molecule has 40 heavy (non-hydrogen) atoms. The fourth-order valence-electron chi connectivity index (χ4n) is 4.92. The van der Waals surface area contributed by atoms with Crippen molar-refractivity contribution in [2.45, 2.75) is 62.0 Å². The Hall–Kier alpha value is -3.08. The highest BCUT2D eigenvalue weighted by molar-refractivity contribution is 7.90. The van der Waals surface area contributed by atoms with Crippen LogP contribution >= 0.6 is 0 Å². The summed E-state index contributed by atoms with van der Waals surface area (Å²) in [5, 5.41) is 13.3. The molecule has 0 radical (unpaired) electrons. The van der Waals surface area contributed by atoms with E-state index >= 15 is 0 Å². The van der Waals surface area contributed by atoms with Crippen LogP contribution in [0.3, 0.4) is 0 Å². The maximum absolute atomic E-state index is 13.0. The molecule has 1 unspecified atom stereocenters. The summed E-state index contributed by atoms with van der Waals surface area (Å²) in [5.74, 6) is 0.275. The Bertz CT molecular complexity index is 1700. The van der Waals surface area contributed by atoms with Crippen LogP contribution in [0.5, 0.6) is 0 Å². The molecule has 3 N–H and O–H groups in total. The van der Waals surface area contributed by atoms with Crippen molar-refractivity contribution in [2.75, 3.05) is 7.05 Å². The summed E-state index contributed by atoms with van der Waals surface area (Å²) < 4.78 is 54.5. The smallest absolute Gasteiger partial charge is 0.242 e. The fourth-order valence-corrected chi connectivity index (χ4v) is 6.72. The standard InChI is InChI=1S/C31H36N2O5S2/c1-20(2)28-17-25(24-11-10-22-8-6-7-9-23(22)16-24)18-29(21(3)4)30(28)19-31(34)33-40(37,38)27-14-12-26(13-15-27)39(35,36)32-5/h6-18,20-21,31-34H,19H2,1-5H3. The summed E-state index contributed by atoms with van der Waals surface area (Å²) in [6.45, 7) is 8.35. The zero-order valence-electron chi connectivity index (χ0n) is 23.3. The second kappa shape index (κ2) is 11.8. The van der Waals surface area contributed by atoms with E-state index in [1.807, 2.05) is 12.1 Å². The minimum absolute atomic E-state index is 0.0517. The Morgan fingerprint density at radius 3 is 1.73 bits per heavy atom. The number of aliphatic hydroxyl groups is 1. The van der Waals surface area contributed by atoms with Gasteiger partial charge in [0.05, 0.1) is 9.79 Å². The molecule has 0 heterocycles. The molecule has 0 aromatic heterocycles. The van der Waals surface area contributed by atoms with Crippen LogP contribution in [0.4, 0.5) is 0 Å². The molecule has 0 aliphatic carbocycles. The van der Waals surface area contributed by atoms with Crippen LogP contribution in [-0.2, 0) is 26.5 Å². The molecular weight excluding hydrogens is 544 g/mol. The van der Waals surface area contributed by atoms with Crippen molar-refractivity contribution in [1.29, 1.82) is 0 Å². The van der Waals surface area contributed by atoms with Gasteiger partial charge in [0, 0.05) is 6.42 Å². The Kier molecular flexibility index (Phi) is 8.82. The van der Waals surface area contributed by atoms with Crippen LogP contribution in [0.1, 0.15) is 56.2 Å². The molecule has 212 valence electrons. The highest BCUT2D eigenvalue weighted by atomic mass is 32.2. The second-order valence-corrected chi connectivity index (χ2v) is 14.1. The monoisotopic (exact) mass is 580 g/mol. The minimum atomic E-state index is -4.10. The SMILES string of the molecule is CNS(=O)(=O)c1ccc(S(=O)(=O)NC(O)Cc2c(C(C)C)cc(-c3ccc4ccccc4c3)cc2C(C)C)cc1. The third kappa shape index (κ3) is 6.45. The van der Waals surface area contributed by atoms with E-state index in [1.165, 1.54) is 36.7 Å². The van der Waals surface area contributed by atoms with E-state index in [-0.39, 0.29) is 28.0 Å². The van der Waals surface area contributed by atoms with Crippen LogP contribution < -0.4 is 9.44 Å². The number of aliphatic hydroxyl groups excluding tert-OH is 1. The first-order chi connectivity index (χ1) is 18.8. The average molecular weight is 581 g/mol. The van der Waals surface area contributed by atoms with Crippen molar-refractivity contribution in [3.05, 3.63) is 95.6 Å². The first-order valence-electron chi connectivity index (χ1n) is 13.2. The summed E-state index contributed by atoms with van der Waals surface area (Å²) in [6, 6.07) is 23.7. The molecule has 0 fully saturated rings. The van der Waals surface area contributed by atoms with Crippen LogP contribution in [0.25, 0.3) is 21.9 Å². The van der Waals surface area contributed by atoms with Crippen molar-refractivity contribution in [2.24, 2.45) is 0 Å². The quantitative estimate of drug-likeness (QED) is 0.215. The van der Waals surface area contributed by atoms with Crippen molar-refractivity contribution >= 4 is 30.8 Å². The van der Waals surface area contributed by atoms with Gasteiger partial charge in [-0.25, -0.2) is 21.6 Å². The molecule has 0 aliphatic heterocycles. The van der Waals surface area contributed by atoms with Gasteiger partial charge in [0.1, 0.15) is 6.23 Å². The maximum Gasteiger partial charge on any atom is 0.242 e. The van der Waals surface area contributed by atoms with Gasteiger partial charge in [0.2, 0.25) is 20.0 Å². The summed E-state index contributed by atoms with van der Waals surface area (Å²) in [4.78, 5) is -0.189. The summed E-state index contributed by atoms with van der Waals surface area (Å²) in [5.41, 5.74) is 5.19. The van der Waals surface area contributed by atoms with Crippen LogP contribution in [0.15, 0.2) is 88.7 Å². The van der Waals surface area contributed by atoms with Crippen molar-refractivity contribution in [3.63, 3.8) is 0 Å². The van der Waals surface area contributed by atoms with Crippen molar-refractivity contribution in [1.82, 2.24) is 9.44 Å². The predicted octanol–water partition coefficient (Wildman–Crippen LogP) is 5.50. The highest BCUT2D eigenvalue weighted by Gasteiger charge is 2.24. The van der Waals surface area contributed by atoms with Crippen LogP contribution in [0, 0.1) is 0 Å². The van der Waals surface area contributed by atoms with E-state index < -0.39 is 26.3 Å². The second-order valence-electron chi connectivity index (χ2n) is 10.5. The van der Waals surface area contributed by atoms with E-state index in [4.69, 9.17) is 0 Å². The van der Waals surface area contributed by atoms with E-state index in [1.54, 1.807) is 0 Å². The molecule has 4 rings (SSSR count). The lowest BCUT2D eigenvalue weighted by Crippen LogP contribution is -2.36. The van der Waals surface area contributed by atoms with Crippen LogP contribution in [0.2, 0.25) is 0 Å². The molecule has 0 aliphatic rings. The van der Waals surface area contributed by atoms with E-state index in [9.17, 15) is 21.9 Å². The fraction of sp³-hybridized carbons (Fsp3) is 0.290. The molecule has 4 aromatic carbocycles. The zero-order chi connectivity index (χ0) is 29.2. The molecule has 0 saturated carbocycles. The molecule has 0 spiro atoms. The van der Waals surface area contributed by atoms with E-state index in [2.05, 4.69) is 79.6 Å². The third-order valence-electron chi connectivity index (χ3n) is 7.05. The van der Waals surface area contributed by atoms with Gasteiger partial charge < -0.3 is 5.11 Å². The van der Waals surface area contributed by atoms with E-state index in [0.29, 0.717) is 0 Å². The Morgan fingerprint density at radius 1 is 0.675 bits per heavy atom. The molecule has 4 aromatic rings. The number of sulfonamides is 2. The summed E-state index contributed by atoms with van der Waals surface area (Å²) >= 11 is 0. The lowest BCUT2D eigenvalue weighted by molar-refractivity contribution is 0.163. The maximum atomic E-state index is 13.0. The molecule has 9 heteroatoms. The number of rotatable bonds is 10. The topological polar surface area (TPSA) is 113 Å². The van der Waals surface area contributed by atoms with Crippen molar-refractivity contribution < 1.29 is 21.9 Å². The molecule has 0 saturated heterocycles. The van der Waals surface area contributed by atoms with Gasteiger partial charge in [-0.05, 0) is 87.8 Å². The lowest BCUT2D eigenvalue weighted by Gasteiger charge is -2.24. The lowest BCUT2D eigenvalue weighted by atomic mass is 9.83. The molecule has 0 bridgehead atoms. The summed E-state index contributed by atoms with van der Waals surface area (Å²) in [6.07, 6.45) is -1.29. The Morgan fingerprint density at radius 2 is 1.20 bits per heavy atom. The molecule has 1 atom stereocenters. The third-order valence-corrected chi connectivity index (χ3v) is 9.95. The Balaban J connectivity index is 1.66. The largest absolute Gasteiger partial charge is 0.377 e. The number of hydrogen-bond donors (Lipinski definition) is 3. The first kappa shape index (κ1) is 29.9. The zero-order valence-corrected chi connectivity index (χ0v) is 25.0. The van der Waals surface area contributed by atoms with Gasteiger partial charge >= 0.3 is 0 Å². The Labute approximate surface area is 237 Å². The number of fused-ring (bicyclic) bond motifs is 1.